The van der Waals surface area contributed by atoms with Crippen molar-refractivity contribution >= 4 is 33.9 Å². The van der Waals surface area contributed by atoms with Crippen LogP contribution >= 0.6 is 0 Å². The molecule has 0 saturated heterocycles. The van der Waals surface area contributed by atoms with Crippen LogP contribution < -0.4 is 15.6 Å². The number of amides is 1. The van der Waals surface area contributed by atoms with Crippen LogP contribution in [0.4, 0.5) is 17.2 Å². The summed E-state index contributed by atoms with van der Waals surface area (Å²) >= 11 is 0. The van der Waals surface area contributed by atoms with Gasteiger partial charge >= 0.3 is 11.6 Å². The third kappa shape index (κ3) is 5.02. The van der Waals surface area contributed by atoms with Crippen molar-refractivity contribution in [1.82, 2.24) is 15.4 Å². The van der Waals surface area contributed by atoms with Crippen LogP contribution in [0.5, 0.6) is 11.6 Å². The number of non-ortho nitro benzene ring substituents is 1. The van der Waals surface area contributed by atoms with Crippen molar-refractivity contribution in [1.29, 1.82) is 0 Å². The Morgan fingerprint density at radius 1 is 0.912 bits per heavy atom. The lowest BCUT2D eigenvalue weighted by Gasteiger charge is -2.11. The molecule has 0 atom stereocenters. The number of nitrogens with zero attached hydrogens (tertiary/aromatic N) is 4. The smallest absolute Gasteiger partial charge is 0.374 e. The van der Waals surface area contributed by atoms with Crippen LogP contribution in [0.15, 0.2) is 73.1 Å². The predicted molar refractivity (Wildman–Crippen MR) is 121 cm³/mol. The van der Waals surface area contributed by atoms with Gasteiger partial charge in [-0.15, -0.1) is 0 Å². The van der Waals surface area contributed by atoms with Gasteiger partial charge in [0.05, 0.1) is 16.3 Å². The van der Waals surface area contributed by atoms with Crippen molar-refractivity contribution in [3.05, 3.63) is 98.8 Å². The third-order valence-corrected chi connectivity index (χ3v) is 4.74. The Balaban J connectivity index is 1.48. The Bertz CT molecular complexity index is 1390. The maximum atomic E-state index is 12.2. The lowest BCUT2D eigenvalue weighted by molar-refractivity contribution is -0.385. The van der Waals surface area contributed by atoms with E-state index in [0.717, 1.165) is 17.1 Å². The standard InChI is InChI=1S/C22H16N6O6/c29-19(11-14-5-8-17(9-6-14)27(30)31)25-26-21-20(28(32)33)22(24-13-23-21)34-18-10-7-15-3-1-2-4-16(15)12-18/h1-10,12-13H,11H2,(H,25,29)(H,23,24,26). The van der Waals surface area contributed by atoms with E-state index in [1.165, 1.54) is 24.3 Å². The van der Waals surface area contributed by atoms with Gasteiger partial charge in [0.15, 0.2) is 0 Å². The van der Waals surface area contributed by atoms with Gasteiger partial charge in [-0.25, -0.2) is 4.98 Å². The van der Waals surface area contributed by atoms with E-state index in [1.54, 1.807) is 12.1 Å². The number of benzene rings is 3. The quantitative estimate of drug-likeness (QED) is 0.293. The van der Waals surface area contributed by atoms with Gasteiger partial charge in [0.2, 0.25) is 11.7 Å². The molecule has 0 radical (unpaired) electrons. The summed E-state index contributed by atoms with van der Waals surface area (Å²) in [6.45, 7) is 0. The van der Waals surface area contributed by atoms with Gasteiger partial charge in [-0.1, -0.05) is 42.5 Å². The maximum Gasteiger partial charge on any atom is 0.374 e. The average molecular weight is 460 g/mol. The highest BCUT2D eigenvalue weighted by Crippen LogP contribution is 2.34. The molecule has 1 aromatic heterocycles. The molecule has 1 heterocycles. The zero-order valence-electron chi connectivity index (χ0n) is 17.4. The van der Waals surface area contributed by atoms with Gasteiger partial charge in [0.1, 0.15) is 12.1 Å². The number of nitrogens with one attached hydrogen (secondary N) is 2. The SMILES string of the molecule is O=C(Cc1ccc([N+](=O)[O-])cc1)NNc1ncnc(Oc2ccc3ccccc3c2)c1[N+](=O)[O-]. The summed E-state index contributed by atoms with van der Waals surface area (Å²) in [7, 11) is 0. The van der Waals surface area contributed by atoms with E-state index in [9.17, 15) is 25.0 Å². The normalized spacial score (nSPS) is 10.5. The molecule has 0 bridgehead atoms. The second-order valence-electron chi connectivity index (χ2n) is 7.02. The minimum absolute atomic E-state index is 0.0992. The number of ether oxygens (including phenoxy) is 1. The van der Waals surface area contributed by atoms with E-state index in [2.05, 4.69) is 20.8 Å². The summed E-state index contributed by atoms with van der Waals surface area (Å²) in [6, 6.07) is 18.2. The van der Waals surface area contributed by atoms with Gasteiger partial charge in [-0.3, -0.25) is 35.9 Å². The first kappa shape index (κ1) is 22.1. The highest BCUT2D eigenvalue weighted by atomic mass is 16.6. The number of carbonyl (C=O) groups excluding carboxylic acids is 1. The van der Waals surface area contributed by atoms with E-state index < -0.39 is 21.4 Å². The molecule has 4 rings (SSSR count). The van der Waals surface area contributed by atoms with Crippen molar-refractivity contribution in [3.8, 4) is 11.6 Å². The first-order valence-corrected chi connectivity index (χ1v) is 9.85. The molecular weight excluding hydrogens is 444 g/mol. The molecule has 0 saturated carbocycles. The fraction of sp³-hybridized carbons (Fsp3) is 0.0455. The first-order valence-electron chi connectivity index (χ1n) is 9.85. The molecule has 4 aromatic rings. The highest BCUT2D eigenvalue weighted by molar-refractivity contribution is 5.84. The summed E-state index contributed by atoms with van der Waals surface area (Å²) in [5, 5.41) is 24.3. The van der Waals surface area contributed by atoms with Gasteiger partial charge < -0.3 is 4.74 Å². The summed E-state index contributed by atoms with van der Waals surface area (Å²) < 4.78 is 5.65. The number of hydrogen-bond acceptors (Lipinski definition) is 9. The minimum atomic E-state index is -0.721. The molecule has 12 nitrogen and oxygen atoms in total. The second kappa shape index (κ2) is 9.56. The van der Waals surface area contributed by atoms with Crippen molar-refractivity contribution in [2.75, 3.05) is 5.43 Å². The number of rotatable bonds is 8. The maximum absolute atomic E-state index is 12.2. The van der Waals surface area contributed by atoms with Crippen LogP contribution in [0, 0.1) is 20.2 Å². The number of aromatic nitrogens is 2. The average Bonchev–Trinajstić information content (AvgIpc) is 2.83. The largest absolute Gasteiger partial charge is 0.434 e. The van der Waals surface area contributed by atoms with Crippen LogP contribution in [0.1, 0.15) is 5.56 Å². The van der Waals surface area contributed by atoms with Gasteiger partial charge in [-0.2, -0.15) is 4.98 Å². The Morgan fingerprint density at radius 3 is 2.35 bits per heavy atom. The third-order valence-electron chi connectivity index (χ3n) is 4.74. The van der Waals surface area contributed by atoms with Crippen molar-refractivity contribution in [2.24, 2.45) is 0 Å². The number of nitro benzene ring substituents is 1. The lowest BCUT2D eigenvalue weighted by Crippen LogP contribution is -2.31. The Kier molecular flexibility index (Phi) is 6.21. The number of anilines is 1. The summed E-state index contributed by atoms with van der Waals surface area (Å²) in [5.74, 6) is -0.775. The molecule has 0 aliphatic carbocycles. The van der Waals surface area contributed by atoms with E-state index in [0.29, 0.717) is 11.3 Å². The molecule has 0 aliphatic rings. The number of carbonyl (C=O) groups is 1. The fourth-order valence-corrected chi connectivity index (χ4v) is 3.13. The van der Waals surface area contributed by atoms with Crippen LogP contribution in [-0.2, 0) is 11.2 Å². The number of hydrazine groups is 1. The second-order valence-corrected chi connectivity index (χ2v) is 7.02. The molecule has 3 aromatic carbocycles. The Labute approximate surface area is 191 Å². The summed E-state index contributed by atoms with van der Waals surface area (Å²) in [5.41, 5.74) is 4.60. The van der Waals surface area contributed by atoms with Crippen LogP contribution in [-0.4, -0.2) is 25.7 Å². The molecule has 2 N–H and O–H groups in total. The zero-order chi connectivity index (χ0) is 24.1. The molecule has 12 heteroatoms. The number of hydrogen-bond donors (Lipinski definition) is 2. The topological polar surface area (TPSA) is 162 Å². The first-order chi connectivity index (χ1) is 16.4. The van der Waals surface area contributed by atoms with Crippen molar-refractivity contribution in [2.45, 2.75) is 6.42 Å². The molecule has 0 fully saturated rings. The van der Waals surface area contributed by atoms with Crippen molar-refractivity contribution < 1.29 is 19.4 Å². The fourth-order valence-electron chi connectivity index (χ4n) is 3.13. The lowest BCUT2D eigenvalue weighted by atomic mass is 10.1. The monoisotopic (exact) mass is 460 g/mol. The van der Waals surface area contributed by atoms with Crippen LogP contribution in [0.3, 0.4) is 0 Å². The zero-order valence-corrected chi connectivity index (χ0v) is 17.4. The van der Waals surface area contributed by atoms with E-state index in [-0.39, 0.29) is 23.8 Å². The molecular formula is C22H16N6O6. The summed E-state index contributed by atoms with van der Waals surface area (Å²) in [6.07, 6.45) is 0.943. The van der Waals surface area contributed by atoms with E-state index in [1.807, 2.05) is 30.3 Å². The van der Waals surface area contributed by atoms with Gasteiger partial charge in [0.25, 0.3) is 5.69 Å². The van der Waals surface area contributed by atoms with Gasteiger partial charge in [-0.05, 0) is 28.5 Å². The Morgan fingerprint density at radius 2 is 1.65 bits per heavy atom. The highest BCUT2D eigenvalue weighted by Gasteiger charge is 2.25. The van der Waals surface area contributed by atoms with E-state index >= 15 is 0 Å². The Hall–Kier alpha value is -5.13. The van der Waals surface area contributed by atoms with Gasteiger partial charge in [0, 0.05) is 12.1 Å². The van der Waals surface area contributed by atoms with Crippen molar-refractivity contribution in [3.63, 3.8) is 0 Å². The molecule has 0 unspecified atom stereocenters. The summed E-state index contributed by atoms with van der Waals surface area (Å²) in [4.78, 5) is 41.1. The van der Waals surface area contributed by atoms with Crippen LogP contribution in [0.25, 0.3) is 10.8 Å². The predicted octanol–water partition coefficient (Wildman–Crippen LogP) is 3.92. The number of nitro groups is 2. The molecule has 0 aliphatic heterocycles. The minimum Gasteiger partial charge on any atom is -0.434 e. The van der Waals surface area contributed by atoms with Crippen LogP contribution in [0.2, 0.25) is 0 Å². The number of fused-ring (bicyclic) bond motifs is 1. The molecule has 1 amide bonds. The molecule has 0 spiro atoms. The molecule has 170 valence electrons. The van der Waals surface area contributed by atoms with E-state index in [4.69, 9.17) is 4.74 Å². The molecule has 34 heavy (non-hydrogen) atoms.